The van der Waals surface area contributed by atoms with E-state index >= 15 is 0 Å². The maximum Gasteiger partial charge on any atom is 0.203 e. The van der Waals surface area contributed by atoms with E-state index in [0.717, 1.165) is 17.2 Å². The number of hydrogen-bond acceptors (Lipinski definition) is 4. The van der Waals surface area contributed by atoms with Crippen molar-refractivity contribution < 1.29 is 0 Å². The van der Waals surface area contributed by atoms with Crippen LogP contribution in [-0.4, -0.2) is 11.2 Å². The molecule has 0 unspecified atom stereocenters. The molecule has 0 radical (unpaired) electrons. The molecule has 2 rings (SSSR count). The molecule has 4 heteroatoms. The Bertz CT molecular complexity index is 387. The van der Waals surface area contributed by atoms with Gasteiger partial charge in [-0.2, -0.15) is 5.10 Å². The van der Waals surface area contributed by atoms with Crippen LogP contribution in [0.25, 0.3) is 0 Å². The lowest BCUT2D eigenvalue weighted by atomic mass is 9.96. The molecule has 16 heavy (non-hydrogen) atoms. The number of hydrazone groups is 1. The summed E-state index contributed by atoms with van der Waals surface area (Å²) in [7, 11) is 0. The van der Waals surface area contributed by atoms with Crippen molar-refractivity contribution in [3.8, 4) is 0 Å². The van der Waals surface area contributed by atoms with Gasteiger partial charge >= 0.3 is 0 Å². The fourth-order valence-corrected chi connectivity index (χ4v) is 2.44. The number of rotatable bonds is 3. The molecule has 0 saturated carbocycles. The molecular weight excluding hydrogens is 218 g/mol. The topological polar surface area (TPSA) is 37.3 Å². The first-order valence-electron chi connectivity index (χ1n) is 5.64. The van der Waals surface area contributed by atoms with E-state index in [2.05, 4.69) is 34.6 Å². The lowest BCUT2D eigenvalue weighted by Crippen LogP contribution is -2.04. The largest absolute Gasteiger partial charge is 0.253 e. The van der Waals surface area contributed by atoms with E-state index in [1.807, 2.05) is 13.1 Å². The summed E-state index contributed by atoms with van der Waals surface area (Å²) in [5.41, 5.74) is 4.09. The first kappa shape index (κ1) is 11.3. The summed E-state index contributed by atoms with van der Waals surface area (Å²) in [4.78, 5) is 5.62. The summed E-state index contributed by atoms with van der Waals surface area (Å²) in [5.74, 6) is 0.583. The molecule has 1 N–H and O–H groups in total. The van der Waals surface area contributed by atoms with Gasteiger partial charge in [0.15, 0.2) is 0 Å². The van der Waals surface area contributed by atoms with Crippen molar-refractivity contribution in [3.05, 3.63) is 22.7 Å². The number of anilines is 1. The summed E-state index contributed by atoms with van der Waals surface area (Å²) in [5, 5.41) is 5.15. The molecule has 1 atom stereocenters. The second-order valence-electron chi connectivity index (χ2n) is 4.10. The summed E-state index contributed by atoms with van der Waals surface area (Å²) in [6.07, 6.45) is 9.98. The maximum absolute atomic E-state index is 4.37. The van der Waals surface area contributed by atoms with Crippen molar-refractivity contribution in [3.63, 3.8) is 0 Å². The van der Waals surface area contributed by atoms with Gasteiger partial charge in [0.25, 0.3) is 0 Å². The highest BCUT2D eigenvalue weighted by Gasteiger charge is 2.06. The SMILES string of the molecule is Cc1nc(NN=C[C@H]2CC=CCC2)sc1C. The second-order valence-corrected chi connectivity index (χ2v) is 5.30. The molecule has 1 aromatic rings. The van der Waals surface area contributed by atoms with E-state index in [1.165, 1.54) is 17.7 Å². The lowest BCUT2D eigenvalue weighted by Gasteiger charge is -2.11. The van der Waals surface area contributed by atoms with Crippen LogP contribution in [0.4, 0.5) is 5.13 Å². The third kappa shape index (κ3) is 2.92. The fourth-order valence-electron chi connectivity index (χ4n) is 1.67. The van der Waals surface area contributed by atoms with Crippen LogP contribution in [0, 0.1) is 19.8 Å². The Hall–Kier alpha value is -1.16. The summed E-state index contributed by atoms with van der Waals surface area (Å²) in [6.45, 7) is 4.10. The van der Waals surface area contributed by atoms with Gasteiger partial charge in [0.1, 0.15) is 0 Å². The number of aromatic nitrogens is 1. The van der Waals surface area contributed by atoms with Gasteiger partial charge in [0.05, 0.1) is 5.69 Å². The Balaban J connectivity index is 1.86. The van der Waals surface area contributed by atoms with Gasteiger partial charge in [-0.3, -0.25) is 5.43 Å². The van der Waals surface area contributed by atoms with Crippen molar-refractivity contribution in [1.29, 1.82) is 0 Å². The average Bonchev–Trinajstić information content (AvgIpc) is 2.60. The molecule has 1 aliphatic carbocycles. The quantitative estimate of drug-likeness (QED) is 0.494. The molecule has 86 valence electrons. The highest BCUT2D eigenvalue weighted by atomic mass is 32.1. The summed E-state index contributed by atoms with van der Waals surface area (Å²) < 4.78 is 0. The third-order valence-corrected chi connectivity index (χ3v) is 3.76. The number of nitrogens with zero attached hydrogens (tertiary/aromatic N) is 2. The van der Waals surface area contributed by atoms with E-state index in [4.69, 9.17) is 0 Å². The highest BCUT2D eigenvalue weighted by molar-refractivity contribution is 7.15. The van der Waals surface area contributed by atoms with E-state index in [9.17, 15) is 0 Å². The molecular formula is C12H17N3S. The molecule has 0 saturated heterocycles. The zero-order chi connectivity index (χ0) is 11.4. The van der Waals surface area contributed by atoms with Gasteiger partial charge in [0.2, 0.25) is 5.13 Å². The summed E-state index contributed by atoms with van der Waals surface area (Å²) >= 11 is 1.65. The van der Waals surface area contributed by atoms with Crippen molar-refractivity contribution >= 4 is 22.7 Å². The predicted octanol–water partition coefficient (Wildman–Crippen LogP) is 3.51. The average molecular weight is 235 g/mol. The van der Waals surface area contributed by atoms with Gasteiger partial charge in [-0.1, -0.05) is 12.2 Å². The van der Waals surface area contributed by atoms with Crippen LogP contribution in [0.3, 0.4) is 0 Å². The van der Waals surface area contributed by atoms with Gasteiger partial charge in [-0.15, -0.1) is 11.3 Å². The van der Waals surface area contributed by atoms with Crippen LogP contribution < -0.4 is 5.43 Å². The molecule has 1 heterocycles. The number of hydrogen-bond donors (Lipinski definition) is 1. The van der Waals surface area contributed by atoms with Crippen molar-refractivity contribution in [2.24, 2.45) is 11.0 Å². The molecule has 0 bridgehead atoms. The van der Waals surface area contributed by atoms with E-state index in [-0.39, 0.29) is 0 Å². The first-order chi connectivity index (χ1) is 7.75. The second kappa shape index (κ2) is 5.25. The monoisotopic (exact) mass is 235 g/mol. The molecule has 0 spiro atoms. The van der Waals surface area contributed by atoms with Gasteiger partial charge in [0, 0.05) is 11.1 Å². The van der Waals surface area contributed by atoms with Crippen LogP contribution in [0.2, 0.25) is 0 Å². The Labute approximate surface area is 100 Å². The van der Waals surface area contributed by atoms with Crippen LogP contribution in [-0.2, 0) is 0 Å². The van der Waals surface area contributed by atoms with E-state index < -0.39 is 0 Å². The standard InChI is InChI=1S/C12H17N3S/c1-9-10(2)16-12(14-9)15-13-8-11-6-4-3-5-7-11/h3-4,8,11H,5-7H2,1-2H3,(H,14,15)/t11-/m0/s1. The Kier molecular flexibility index (Phi) is 3.72. The van der Waals surface area contributed by atoms with Crippen molar-refractivity contribution in [2.75, 3.05) is 5.43 Å². The van der Waals surface area contributed by atoms with Crippen LogP contribution >= 0.6 is 11.3 Å². The fraction of sp³-hybridized carbons (Fsp3) is 0.500. The van der Waals surface area contributed by atoms with Gasteiger partial charge < -0.3 is 0 Å². The zero-order valence-electron chi connectivity index (χ0n) is 9.73. The molecule has 0 aromatic carbocycles. The minimum atomic E-state index is 0.583. The Morgan fingerprint density at radius 1 is 1.50 bits per heavy atom. The third-order valence-electron chi connectivity index (χ3n) is 2.78. The van der Waals surface area contributed by atoms with Crippen LogP contribution in [0.5, 0.6) is 0 Å². The maximum atomic E-state index is 4.37. The number of allylic oxidation sites excluding steroid dienone is 2. The highest BCUT2D eigenvalue weighted by Crippen LogP contribution is 2.21. The first-order valence-corrected chi connectivity index (χ1v) is 6.45. The van der Waals surface area contributed by atoms with Crippen molar-refractivity contribution in [2.45, 2.75) is 33.1 Å². The number of aryl methyl sites for hydroxylation is 2. The minimum Gasteiger partial charge on any atom is -0.253 e. The number of thiazole rings is 1. The van der Waals surface area contributed by atoms with Crippen LogP contribution in [0.1, 0.15) is 29.8 Å². The van der Waals surface area contributed by atoms with E-state index in [1.54, 1.807) is 11.3 Å². The van der Waals surface area contributed by atoms with Crippen molar-refractivity contribution in [1.82, 2.24) is 4.98 Å². The zero-order valence-corrected chi connectivity index (χ0v) is 10.5. The smallest absolute Gasteiger partial charge is 0.203 e. The molecule has 0 fully saturated rings. The van der Waals surface area contributed by atoms with Gasteiger partial charge in [-0.05, 0) is 39.0 Å². The Morgan fingerprint density at radius 2 is 2.38 bits per heavy atom. The van der Waals surface area contributed by atoms with Gasteiger partial charge in [-0.25, -0.2) is 4.98 Å². The molecule has 0 amide bonds. The lowest BCUT2D eigenvalue weighted by molar-refractivity contribution is 0.627. The van der Waals surface area contributed by atoms with Crippen LogP contribution in [0.15, 0.2) is 17.3 Å². The normalized spacial score (nSPS) is 20.5. The summed E-state index contributed by atoms with van der Waals surface area (Å²) in [6, 6.07) is 0. The molecule has 3 nitrogen and oxygen atoms in total. The number of nitrogens with one attached hydrogen (secondary N) is 1. The minimum absolute atomic E-state index is 0.583. The molecule has 0 aliphatic heterocycles. The Morgan fingerprint density at radius 3 is 3.00 bits per heavy atom. The molecule has 1 aliphatic rings. The predicted molar refractivity (Wildman–Crippen MR) is 70.2 cm³/mol. The molecule has 1 aromatic heterocycles. The van der Waals surface area contributed by atoms with E-state index in [0.29, 0.717) is 5.92 Å².